The molecule has 0 saturated carbocycles. The zero-order valence-corrected chi connectivity index (χ0v) is 16.1. The molecule has 27 heavy (non-hydrogen) atoms. The predicted molar refractivity (Wildman–Crippen MR) is 105 cm³/mol. The van der Waals surface area contributed by atoms with Crippen molar-refractivity contribution in [2.24, 2.45) is 0 Å². The molecule has 142 valence electrons. The van der Waals surface area contributed by atoms with E-state index >= 15 is 0 Å². The van der Waals surface area contributed by atoms with Gasteiger partial charge in [0, 0.05) is 10.7 Å². The highest BCUT2D eigenvalue weighted by Gasteiger charge is 2.17. The maximum absolute atomic E-state index is 12.3. The molecule has 0 bridgehead atoms. The molecule has 0 spiro atoms. The molecule has 0 atom stereocenters. The van der Waals surface area contributed by atoms with Crippen LogP contribution in [0.4, 0.5) is 11.4 Å². The first-order valence-corrected chi connectivity index (χ1v) is 9.00. The van der Waals surface area contributed by atoms with E-state index in [1.54, 1.807) is 18.2 Å². The number of hydrogen-bond acceptors (Lipinski definition) is 4. The van der Waals surface area contributed by atoms with Gasteiger partial charge < -0.3 is 20.1 Å². The van der Waals surface area contributed by atoms with Crippen LogP contribution in [-0.4, -0.2) is 25.0 Å². The fourth-order valence-corrected chi connectivity index (χ4v) is 2.92. The molecule has 1 aliphatic heterocycles. The van der Waals surface area contributed by atoms with E-state index in [-0.39, 0.29) is 30.9 Å². The van der Waals surface area contributed by atoms with Gasteiger partial charge in [-0.2, -0.15) is 0 Å². The van der Waals surface area contributed by atoms with Gasteiger partial charge in [-0.05, 0) is 54.3 Å². The third-order valence-electron chi connectivity index (χ3n) is 4.17. The number of aryl methyl sites for hydroxylation is 1. The molecule has 2 aromatic carbocycles. The van der Waals surface area contributed by atoms with Crippen molar-refractivity contribution in [3.05, 3.63) is 46.5 Å². The minimum Gasteiger partial charge on any atom is -0.483 e. The quantitative estimate of drug-likeness (QED) is 0.807. The molecule has 7 heteroatoms. The fraction of sp³-hybridized carbons (Fsp3) is 0.300. The molecule has 1 aliphatic rings. The zero-order chi connectivity index (χ0) is 19.6. The van der Waals surface area contributed by atoms with Gasteiger partial charge in [0.25, 0.3) is 11.8 Å². The molecule has 3 rings (SSSR count). The Bertz CT molecular complexity index is 896. The molecule has 1 heterocycles. The molecule has 0 aliphatic carbocycles. The third-order valence-corrected chi connectivity index (χ3v) is 4.58. The average Bonchev–Trinajstić information content (AvgIpc) is 2.61. The Kier molecular flexibility index (Phi) is 5.56. The number of hydrogen-bond donors (Lipinski definition) is 2. The van der Waals surface area contributed by atoms with Gasteiger partial charge in [-0.1, -0.05) is 25.4 Å². The maximum atomic E-state index is 12.3. The van der Waals surface area contributed by atoms with Gasteiger partial charge in [0.05, 0.1) is 5.69 Å². The second kappa shape index (κ2) is 7.88. The largest absolute Gasteiger partial charge is 0.483 e. The van der Waals surface area contributed by atoms with E-state index in [4.69, 9.17) is 21.1 Å². The lowest BCUT2D eigenvalue weighted by Crippen LogP contribution is -2.25. The van der Waals surface area contributed by atoms with Crippen LogP contribution in [0.2, 0.25) is 5.02 Å². The first kappa shape index (κ1) is 19.0. The van der Waals surface area contributed by atoms with E-state index in [9.17, 15) is 9.59 Å². The summed E-state index contributed by atoms with van der Waals surface area (Å²) in [5.74, 6) is 0.898. The molecule has 2 aromatic rings. The highest BCUT2D eigenvalue weighted by molar-refractivity contribution is 6.31. The van der Waals surface area contributed by atoms with Crippen molar-refractivity contribution in [3.8, 4) is 11.5 Å². The molecule has 2 N–H and O–H groups in total. The number of fused-ring (bicyclic) bond motifs is 1. The Balaban J connectivity index is 1.66. The second-order valence-electron chi connectivity index (χ2n) is 6.68. The van der Waals surface area contributed by atoms with Crippen molar-refractivity contribution in [3.63, 3.8) is 0 Å². The highest BCUT2D eigenvalue weighted by atomic mass is 35.5. The Morgan fingerprint density at radius 3 is 2.85 bits per heavy atom. The lowest BCUT2D eigenvalue weighted by molar-refractivity contribution is -0.119. The van der Waals surface area contributed by atoms with E-state index in [2.05, 4.69) is 10.6 Å². The molecule has 0 radical (unpaired) electrons. The lowest BCUT2D eigenvalue weighted by atomic mass is 10.0. The van der Waals surface area contributed by atoms with E-state index in [1.165, 1.54) is 0 Å². The molecular formula is C20H21ClN2O4. The Morgan fingerprint density at radius 2 is 2.11 bits per heavy atom. The summed E-state index contributed by atoms with van der Waals surface area (Å²) in [6, 6.07) is 8.78. The van der Waals surface area contributed by atoms with Crippen LogP contribution in [0.3, 0.4) is 0 Å². The van der Waals surface area contributed by atoms with Gasteiger partial charge in [-0.25, -0.2) is 0 Å². The predicted octanol–water partition coefficient (Wildman–Crippen LogP) is 4.12. The summed E-state index contributed by atoms with van der Waals surface area (Å²) in [6.45, 7) is 5.82. The van der Waals surface area contributed by atoms with E-state index in [0.29, 0.717) is 27.9 Å². The van der Waals surface area contributed by atoms with Crippen LogP contribution in [0.15, 0.2) is 30.3 Å². The molecule has 6 nitrogen and oxygen atoms in total. The SMILES string of the molecule is Cc1cc(OCC(=O)Nc2ccc3c(c2)NC(=O)CO3)c(C(C)C)cc1Cl. The summed E-state index contributed by atoms with van der Waals surface area (Å²) in [5, 5.41) is 6.13. The van der Waals surface area contributed by atoms with Crippen LogP contribution in [0.1, 0.15) is 30.9 Å². The number of nitrogens with one attached hydrogen (secondary N) is 2. The summed E-state index contributed by atoms with van der Waals surface area (Å²) >= 11 is 6.19. The van der Waals surface area contributed by atoms with Gasteiger partial charge in [0.1, 0.15) is 11.5 Å². The van der Waals surface area contributed by atoms with Crippen LogP contribution in [0.25, 0.3) is 0 Å². The first-order valence-electron chi connectivity index (χ1n) is 8.63. The third kappa shape index (κ3) is 4.52. The standard InChI is InChI=1S/C20H21ClN2O4/c1-11(2)14-8-15(21)12(3)6-18(14)27-9-19(24)22-13-4-5-17-16(7-13)23-20(25)10-26-17/h4-8,11H,9-10H2,1-3H3,(H,22,24)(H,23,25). The number of carbonyl (C=O) groups excluding carboxylic acids is 2. The summed E-state index contributed by atoms with van der Waals surface area (Å²) in [7, 11) is 0. The van der Waals surface area contributed by atoms with Gasteiger partial charge in [0.15, 0.2) is 13.2 Å². The second-order valence-corrected chi connectivity index (χ2v) is 7.09. The molecule has 0 unspecified atom stereocenters. The number of benzene rings is 2. The van der Waals surface area contributed by atoms with E-state index < -0.39 is 0 Å². The summed E-state index contributed by atoms with van der Waals surface area (Å²) < 4.78 is 11.0. The molecule has 0 fully saturated rings. The number of rotatable bonds is 5. The molecule has 2 amide bonds. The van der Waals surface area contributed by atoms with Crippen LogP contribution in [0.5, 0.6) is 11.5 Å². The van der Waals surface area contributed by atoms with Crippen molar-refractivity contribution in [1.29, 1.82) is 0 Å². The Morgan fingerprint density at radius 1 is 1.33 bits per heavy atom. The van der Waals surface area contributed by atoms with Crippen LogP contribution in [0, 0.1) is 6.92 Å². The lowest BCUT2D eigenvalue weighted by Gasteiger charge is -2.19. The smallest absolute Gasteiger partial charge is 0.262 e. The Hall–Kier alpha value is -2.73. The number of amides is 2. The first-order chi connectivity index (χ1) is 12.8. The number of halogens is 1. The van der Waals surface area contributed by atoms with E-state index in [0.717, 1.165) is 11.1 Å². The minimum absolute atomic E-state index is 0.00869. The van der Waals surface area contributed by atoms with Crippen LogP contribution in [-0.2, 0) is 9.59 Å². The van der Waals surface area contributed by atoms with Crippen LogP contribution >= 0.6 is 11.6 Å². The van der Waals surface area contributed by atoms with Gasteiger partial charge in [0.2, 0.25) is 0 Å². The van der Waals surface area contributed by atoms with Gasteiger partial charge in [-0.15, -0.1) is 0 Å². The molecular weight excluding hydrogens is 368 g/mol. The monoisotopic (exact) mass is 388 g/mol. The number of ether oxygens (including phenoxy) is 2. The van der Waals surface area contributed by atoms with E-state index in [1.807, 2.05) is 32.9 Å². The summed E-state index contributed by atoms with van der Waals surface area (Å²) in [4.78, 5) is 23.7. The summed E-state index contributed by atoms with van der Waals surface area (Å²) in [6.07, 6.45) is 0. The number of carbonyl (C=O) groups is 2. The van der Waals surface area contributed by atoms with Crippen LogP contribution < -0.4 is 20.1 Å². The van der Waals surface area contributed by atoms with Crippen molar-refractivity contribution >= 4 is 34.8 Å². The van der Waals surface area contributed by atoms with Gasteiger partial charge >= 0.3 is 0 Å². The van der Waals surface area contributed by atoms with Crippen molar-refractivity contribution in [2.75, 3.05) is 23.8 Å². The normalized spacial score (nSPS) is 12.9. The number of anilines is 2. The van der Waals surface area contributed by atoms with Crippen molar-refractivity contribution < 1.29 is 19.1 Å². The highest BCUT2D eigenvalue weighted by Crippen LogP contribution is 2.32. The van der Waals surface area contributed by atoms with Crippen molar-refractivity contribution in [1.82, 2.24) is 0 Å². The molecule has 0 saturated heterocycles. The topological polar surface area (TPSA) is 76.7 Å². The fourth-order valence-electron chi connectivity index (χ4n) is 2.75. The molecule has 0 aromatic heterocycles. The van der Waals surface area contributed by atoms with Gasteiger partial charge in [-0.3, -0.25) is 9.59 Å². The minimum atomic E-state index is -0.305. The summed E-state index contributed by atoms with van der Waals surface area (Å²) in [5.41, 5.74) is 2.92. The average molecular weight is 389 g/mol. The zero-order valence-electron chi connectivity index (χ0n) is 15.4. The van der Waals surface area contributed by atoms with Crippen molar-refractivity contribution in [2.45, 2.75) is 26.7 Å². The Labute approximate surface area is 162 Å². The maximum Gasteiger partial charge on any atom is 0.262 e.